The van der Waals surface area contributed by atoms with Gasteiger partial charge in [-0.3, -0.25) is 14.4 Å². The van der Waals surface area contributed by atoms with Crippen LogP contribution in [-0.2, 0) is 27.1 Å². The number of oxazole rings is 1. The van der Waals surface area contributed by atoms with Crippen molar-refractivity contribution >= 4 is 29.2 Å². The van der Waals surface area contributed by atoms with E-state index in [1.54, 1.807) is 54.6 Å². The Hall–Kier alpha value is -5.13. The zero-order chi connectivity index (χ0) is 33.7. The number of carbonyl (C=O) groups is 3. The monoisotopic (exact) mass is 660 g/mol. The lowest BCUT2D eigenvalue weighted by Gasteiger charge is -2.27. The van der Waals surface area contributed by atoms with Gasteiger partial charge in [0.2, 0.25) is 17.6 Å². The number of ether oxygens (including phenoxy) is 1. The van der Waals surface area contributed by atoms with Gasteiger partial charge in [-0.15, -0.1) is 0 Å². The maximum absolute atomic E-state index is 13.7. The summed E-state index contributed by atoms with van der Waals surface area (Å²) >= 11 is 0. The molecule has 2 aliphatic rings. The van der Waals surface area contributed by atoms with Gasteiger partial charge in [-0.1, -0.05) is 55.0 Å². The predicted octanol–water partition coefficient (Wildman–Crippen LogP) is 6.81. The maximum atomic E-state index is 13.7. The fourth-order valence-electron chi connectivity index (χ4n) is 6.32. The standard InChI is InChI=1S/C36H35F3N4O5/c37-36(38,39)31-30(41-33(48-31)25-11-5-2-6-12-25)32(44)40-26-15-17-27(18-16-26)42-19-8-20-43(22-21-42)34(45)28-13-7-14-29(28)35(46)47-23-24-9-3-1-4-10-24/h1-6,9-12,15-18,28-29H,7-8,13-14,19-23H2,(H,40,44)/t28-,29-/m1/s1. The van der Waals surface area contributed by atoms with Crippen molar-refractivity contribution in [3.8, 4) is 11.5 Å². The Kier molecular flexibility index (Phi) is 9.79. The minimum absolute atomic E-state index is 0.0180. The fraction of sp³-hybridized carbons (Fsp3) is 0.333. The van der Waals surface area contributed by atoms with Crippen LogP contribution >= 0.6 is 0 Å². The Bertz CT molecular complexity index is 1730. The number of hydrogen-bond acceptors (Lipinski definition) is 7. The lowest BCUT2D eigenvalue weighted by Crippen LogP contribution is -2.41. The summed E-state index contributed by atoms with van der Waals surface area (Å²) < 4.78 is 51.7. The maximum Gasteiger partial charge on any atom is 0.452 e. The molecule has 3 aromatic carbocycles. The quantitative estimate of drug-likeness (QED) is 0.207. The number of nitrogens with zero attached hydrogens (tertiary/aromatic N) is 3. The molecule has 1 saturated carbocycles. The summed E-state index contributed by atoms with van der Waals surface area (Å²) in [4.78, 5) is 47.3. The lowest BCUT2D eigenvalue weighted by molar-refractivity contribution is -0.155. The lowest BCUT2D eigenvalue weighted by atomic mass is 9.94. The van der Waals surface area contributed by atoms with Crippen molar-refractivity contribution in [3.05, 3.63) is 102 Å². The van der Waals surface area contributed by atoms with E-state index in [-0.39, 0.29) is 24.4 Å². The van der Waals surface area contributed by atoms with Crippen molar-refractivity contribution in [2.75, 3.05) is 36.4 Å². The second-order valence-electron chi connectivity index (χ2n) is 12.0. The molecule has 2 fully saturated rings. The van der Waals surface area contributed by atoms with Gasteiger partial charge < -0.3 is 24.3 Å². The van der Waals surface area contributed by atoms with Gasteiger partial charge in [0.25, 0.3) is 5.91 Å². The number of alkyl halides is 3. The van der Waals surface area contributed by atoms with Crippen LogP contribution in [0.15, 0.2) is 89.3 Å². The second kappa shape index (κ2) is 14.3. The molecule has 1 saturated heterocycles. The van der Waals surface area contributed by atoms with Gasteiger partial charge in [0.1, 0.15) is 6.61 Å². The highest BCUT2D eigenvalue weighted by molar-refractivity contribution is 6.04. The SMILES string of the molecule is O=C(Nc1ccc(N2CCCN(C(=O)[C@@H]3CCC[C@H]3C(=O)OCc3ccccc3)CC2)cc1)c1nc(-c2ccccc2)oc1C(F)(F)F. The molecule has 2 atom stereocenters. The van der Waals surface area contributed by atoms with E-state index >= 15 is 0 Å². The Labute approximate surface area is 275 Å². The molecule has 2 heterocycles. The molecule has 1 aliphatic carbocycles. The summed E-state index contributed by atoms with van der Waals surface area (Å²) in [5.41, 5.74) is 1.50. The van der Waals surface area contributed by atoms with E-state index in [2.05, 4.69) is 15.2 Å². The first-order chi connectivity index (χ1) is 23.2. The molecule has 0 spiro atoms. The van der Waals surface area contributed by atoms with Crippen LogP contribution in [0.3, 0.4) is 0 Å². The zero-order valence-electron chi connectivity index (χ0n) is 26.1. The van der Waals surface area contributed by atoms with Crippen molar-refractivity contribution in [3.63, 3.8) is 0 Å². The first-order valence-corrected chi connectivity index (χ1v) is 16.0. The van der Waals surface area contributed by atoms with E-state index in [9.17, 15) is 27.6 Å². The van der Waals surface area contributed by atoms with Crippen molar-refractivity contribution in [2.24, 2.45) is 11.8 Å². The molecule has 2 amide bonds. The third-order valence-electron chi connectivity index (χ3n) is 8.78. The number of aromatic nitrogens is 1. The van der Waals surface area contributed by atoms with Crippen LogP contribution in [0, 0.1) is 11.8 Å². The number of amides is 2. The zero-order valence-corrected chi connectivity index (χ0v) is 26.1. The first-order valence-electron chi connectivity index (χ1n) is 16.0. The number of benzene rings is 3. The van der Waals surface area contributed by atoms with Crippen LogP contribution in [0.4, 0.5) is 24.5 Å². The van der Waals surface area contributed by atoms with Crippen LogP contribution in [0.25, 0.3) is 11.5 Å². The highest BCUT2D eigenvalue weighted by atomic mass is 19.4. The van der Waals surface area contributed by atoms with Crippen LogP contribution in [0.2, 0.25) is 0 Å². The minimum atomic E-state index is -4.91. The molecular weight excluding hydrogens is 625 g/mol. The third kappa shape index (κ3) is 7.53. The van der Waals surface area contributed by atoms with Gasteiger partial charge in [0, 0.05) is 43.1 Å². The number of rotatable bonds is 8. The molecule has 1 aliphatic heterocycles. The Balaban J connectivity index is 1.05. The molecule has 4 aromatic rings. The highest BCUT2D eigenvalue weighted by Crippen LogP contribution is 2.36. The Morgan fingerprint density at radius 3 is 2.23 bits per heavy atom. The predicted molar refractivity (Wildman–Crippen MR) is 172 cm³/mol. The second-order valence-corrected chi connectivity index (χ2v) is 12.0. The molecule has 0 bridgehead atoms. The molecule has 250 valence electrons. The Morgan fingerprint density at radius 1 is 0.833 bits per heavy atom. The molecular formula is C36H35F3N4O5. The van der Waals surface area contributed by atoms with Crippen molar-refractivity contribution in [2.45, 2.75) is 38.5 Å². The van der Waals surface area contributed by atoms with Gasteiger partial charge in [0.15, 0.2) is 5.69 Å². The molecule has 0 radical (unpaired) electrons. The van der Waals surface area contributed by atoms with Crippen molar-refractivity contribution in [1.82, 2.24) is 9.88 Å². The van der Waals surface area contributed by atoms with E-state index in [4.69, 9.17) is 9.15 Å². The third-order valence-corrected chi connectivity index (χ3v) is 8.78. The van der Waals surface area contributed by atoms with Crippen LogP contribution in [0.1, 0.15) is 47.5 Å². The summed E-state index contributed by atoms with van der Waals surface area (Å²) in [6.45, 7) is 2.47. The molecule has 9 nitrogen and oxygen atoms in total. The highest BCUT2D eigenvalue weighted by Gasteiger charge is 2.42. The van der Waals surface area contributed by atoms with Crippen molar-refractivity contribution in [1.29, 1.82) is 0 Å². The van der Waals surface area contributed by atoms with Gasteiger partial charge >= 0.3 is 12.1 Å². The molecule has 1 aromatic heterocycles. The summed E-state index contributed by atoms with van der Waals surface area (Å²) in [5.74, 6) is -4.00. The molecule has 48 heavy (non-hydrogen) atoms. The van der Waals surface area contributed by atoms with E-state index in [0.717, 1.165) is 24.1 Å². The normalized spacial score (nSPS) is 18.3. The molecule has 1 N–H and O–H groups in total. The van der Waals surface area contributed by atoms with Crippen molar-refractivity contribution < 1.29 is 36.7 Å². The average molecular weight is 661 g/mol. The smallest absolute Gasteiger partial charge is 0.452 e. The largest absolute Gasteiger partial charge is 0.461 e. The fourth-order valence-corrected chi connectivity index (χ4v) is 6.32. The summed E-state index contributed by atoms with van der Waals surface area (Å²) in [5, 5.41) is 2.49. The van der Waals surface area contributed by atoms with Crippen LogP contribution < -0.4 is 10.2 Å². The van der Waals surface area contributed by atoms with E-state index in [1.807, 2.05) is 35.2 Å². The minimum Gasteiger partial charge on any atom is -0.461 e. The van der Waals surface area contributed by atoms with Gasteiger partial charge in [-0.2, -0.15) is 13.2 Å². The first kappa shape index (κ1) is 32.8. The topological polar surface area (TPSA) is 105 Å². The van der Waals surface area contributed by atoms with Gasteiger partial charge in [0.05, 0.1) is 11.8 Å². The van der Waals surface area contributed by atoms with Gasteiger partial charge in [-0.25, -0.2) is 4.98 Å². The summed E-state index contributed by atoms with van der Waals surface area (Å²) in [6.07, 6.45) is -2.11. The molecule has 6 rings (SSSR count). The number of halogens is 3. The molecule has 0 unspecified atom stereocenters. The van der Waals surface area contributed by atoms with E-state index < -0.39 is 35.4 Å². The number of hydrogen-bond donors (Lipinski definition) is 1. The molecule has 12 heteroatoms. The number of anilines is 2. The van der Waals surface area contributed by atoms with Gasteiger partial charge in [-0.05, 0) is 61.2 Å². The Morgan fingerprint density at radius 2 is 1.52 bits per heavy atom. The van der Waals surface area contributed by atoms with Crippen LogP contribution in [-0.4, -0.2) is 53.8 Å². The van der Waals surface area contributed by atoms with Crippen LogP contribution in [0.5, 0.6) is 0 Å². The summed E-state index contributed by atoms with van der Waals surface area (Å²) in [7, 11) is 0. The number of carbonyl (C=O) groups excluding carboxylic acids is 3. The number of esters is 1. The summed E-state index contributed by atoms with van der Waals surface area (Å²) in [6, 6.07) is 24.3. The number of nitrogens with one attached hydrogen (secondary N) is 1. The average Bonchev–Trinajstić information content (AvgIpc) is 3.71. The van der Waals surface area contributed by atoms with E-state index in [1.165, 1.54) is 0 Å². The van der Waals surface area contributed by atoms with E-state index in [0.29, 0.717) is 50.3 Å².